The first-order valence-corrected chi connectivity index (χ1v) is 5.33. The monoisotopic (exact) mass is 197 g/mol. The van der Waals surface area contributed by atoms with Gasteiger partial charge in [0.25, 0.3) is 0 Å². The number of carbonyl (C=O) groups is 1. The second-order valence-corrected chi connectivity index (χ2v) is 4.60. The van der Waals surface area contributed by atoms with Crippen LogP contribution >= 0.6 is 0 Å². The average molecular weight is 197 g/mol. The molecule has 2 saturated heterocycles. The molecule has 80 valence electrons. The number of piperidine rings is 1. The maximum Gasteiger partial charge on any atom is 0.237 e. The van der Waals surface area contributed by atoms with Crippen LogP contribution in [-0.2, 0) is 4.79 Å². The van der Waals surface area contributed by atoms with Crippen molar-refractivity contribution >= 4 is 5.91 Å². The predicted octanol–water partition coefficient (Wildman–Crippen LogP) is -0.632. The number of rotatable bonds is 2. The molecule has 0 spiro atoms. The van der Waals surface area contributed by atoms with E-state index in [9.17, 15) is 4.79 Å². The first-order chi connectivity index (χ1) is 6.68. The minimum Gasteiger partial charge on any atom is -0.337 e. The molecule has 0 saturated carbocycles. The number of amides is 1. The van der Waals surface area contributed by atoms with Gasteiger partial charge in [-0.05, 0) is 33.0 Å². The third kappa shape index (κ3) is 1.77. The molecule has 2 fully saturated rings. The number of nitrogens with one attached hydrogen (secondary N) is 1. The highest BCUT2D eigenvalue weighted by atomic mass is 16.2. The summed E-state index contributed by atoms with van der Waals surface area (Å²) in [6.45, 7) is 3.64. The van der Waals surface area contributed by atoms with Crippen molar-refractivity contribution in [3.63, 3.8) is 0 Å². The van der Waals surface area contributed by atoms with Crippen LogP contribution in [-0.4, -0.2) is 62.0 Å². The van der Waals surface area contributed by atoms with E-state index in [-0.39, 0.29) is 5.91 Å². The minimum absolute atomic E-state index is 0.278. The third-order valence-corrected chi connectivity index (χ3v) is 3.19. The van der Waals surface area contributed by atoms with E-state index in [1.165, 1.54) is 6.42 Å². The molecule has 4 nitrogen and oxygen atoms in total. The summed E-state index contributed by atoms with van der Waals surface area (Å²) in [6, 6.07) is 0.483. The maximum atomic E-state index is 11.7. The molecule has 2 aliphatic rings. The summed E-state index contributed by atoms with van der Waals surface area (Å²) in [7, 11) is 3.88. The summed E-state index contributed by atoms with van der Waals surface area (Å²) >= 11 is 0. The predicted molar refractivity (Wildman–Crippen MR) is 55.0 cm³/mol. The van der Waals surface area contributed by atoms with Gasteiger partial charge in [-0.15, -0.1) is 0 Å². The zero-order valence-electron chi connectivity index (χ0n) is 8.99. The highest BCUT2D eigenvalue weighted by molar-refractivity contribution is 5.79. The molecule has 2 heterocycles. The quantitative estimate of drug-likeness (QED) is 0.640. The zero-order valence-corrected chi connectivity index (χ0v) is 8.99. The summed E-state index contributed by atoms with van der Waals surface area (Å²) in [5.74, 6) is 1.04. The smallest absolute Gasteiger partial charge is 0.237 e. The topological polar surface area (TPSA) is 35.6 Å². The van der Waals surface area contributed by atoms with E-state index in [1.54, 1.807) is 0 Å². The van der Waals surface area contributed by atoms with Crippen LogP contribution in [0.3, 0.4) is 0 Å². The van der Waals surface area contributed by atoms with Gasteiger partial charge in [-0.25, -0.2) is 0 Å². The SMILES string of the molecule is CN(C)CC(=O)N1C[C@@H]2CCNC[C@@H]21. The molecule has 1 amide bonds. The van der Waals surface area contributed by atoms with E-state index < -0.39 is 0 Å². The van der Waals surface area contributed by atoms with Crippen molar-refractivity contribution in [1.29, 1.82) is 0 Å². The van der Waals surface area contributed by atoms with Gasteiger partial charge in [-0.1, -0.05) is 0 Å². The number of nitrogens with zero attached hydrogens (tertiary/aromatic N) is 2. The molecular weight excluding hydrogens is 178 g/mol. The highest BCUT2D eigenvalue weighted by Gasteiger charge is 2.42. The molecular formula is C10H19N3O. The van der Waals surface area contributed by atoms with Crippen LogP contribution in [0.1, 0.15) is 6.42 Å². The molecule has 14 heavy (non-hydrogen) atoms. The fourth-order valence-corrected chi connectivity index (χ4v) is 2.37. The van der Waals surface area contributed by atoms with Gasteiger partial charge >= 0.3 is 0 Å². The second kappa shape index (κ2) is 3.87. The second-order valence-electron chi connectivity index (χ2n) is 4.60. The van der Waals surface area contributed by atoms with Crippen LogP contribution in [0.15, 0.2) is 0 Å². The fraction of sp³-hybridized carbons (Fsp3) is 0.900. The summed E-state index contributed by atoms with van der Waals surface area (Å²) in [6.07, 6.45) is 1.23. The van der Waals surface area contributed by atoms with E-state index in [0.717, 1.165) is 25.6 Å². The number of hydrogen-bond donors (Lipinski definition) is 1. The molecule has 0 aromatic rings. The molecule has 0 aromatic carbocycles. The Kier molecular flexibility index (Phi) is 2.74. The first kappa shape index (κ1) is 9.93. The summed E-state index contributed by atoms with van der Waals surface area (Å²) in [5, 5.41) is 3.35. The Bertz CT molecular complexity index is 229. The van der Waals surface area contributed by atoms with E-state index in [0.29, 0.717) is 12.6 Å². The van der Waals surface area contributed by atoms with Crippen LogP contribution in [0.4, 0.5) is 0 Å². The number of likely N-dealkylation sites (N-methyl/N-ethyl adjacent to an activating group) is 1. The standard InChI is InChI=1S/C10H19N3O/c1-12(2)7-10(14)13-6-8-3-4-11-5-9(8)13/h8-9,11H,3-7H2,1-2H3/t8-,9-/m0/s1. The van der Waals surface area contributed by atoms with Gasteiger partial charge in [0.15, 0.2) is 0 Å². The third-order valence-electron chi connectivity index (χ3n) is 3.19. The molecule has 0 unspecified atom stereocenters. The van der Waals surface area contributed by atoms with E-state index >= 15 is 0 Å². The summed E-state index contributed by atoms with van der Waals surface area (Å²) in [4.78, 5) is 15.7. The Morgan fingerprint density at radius 3 is 3.00 bits per heavy atom. The average Bonchev–Trinajstić information content (AvgIpc) is 2.05. The minimum atomic E-state index is 0.278. The lowest BCUT2D eigenvalue weighted by atomic mass is 9.83. The zero-order chi connectivity index (χ0) is 10.1. The van der Waals surface area contributed by atoms with Crippen molar-refractivity contribution < 1.29 is 4.79 Å². The highest BCUT2D eigenvalue weighted by Crippen LogP contribution is 2.29. The van der Waals surface area contributed by atoms with Crippen molar-refractivity contribution in [1.82, 2.24) is 15.1 Å². The summed E-state index contributed by atoms with van der Waals surface area (Å²) < 4.78 is 0. The Hall–Kier alpha value is -0.610. The molecule has 2 aliphatic heterocycles. The molecule has 0 bridgehead atoms. The van der Waals surface area contributed by atoms with Crippen LogP contribution in [0.25, 0.3) is 0 Å². The molecule has 0 aliphatic carbocycles. The Balaban J connectivity index is 1.85. The van der Waals surface area contributed by atoms with Gasteiger partial charge in [0, 0.05) is 19.1 Å². The fourth-order valence-electron chi connectivity index (χ4n) is 2.37. The van der Waals surface area contributed by atoms with E-state index in [2.05, 4.69) is 5.32 Å². The van der Waals surface area contributed by atoms with Crippen molar-refractivity contribution in [2.45, 2.75) is 12.5 Å². The maximum absolute atomic E-state index is 11.7. The molecule has 0 aromatic heterocycles. The van der Waals surface area contributed by atoms with Crippen molar-refractivity contribution in [2.75, 3.05) is 40.3 Å². The lowest BCUT2D eigenvalue weighted by molar-refractivity contribution is -0.145. The number of hydrogen-bond acceptors (Lipinski definition) is 3. The van der Waals surface area contributed by atoms with Crippen LogP contribution in [0.5, 0.6) is 0 Å². The van der Waals surface area contributed by atoms with Gasteiger partial charge in [-0.3, -0.25) is 4.79 Å². The van der Waals surface area contributed by atoms with Gasteiger partial charge in [0.1, 0.15) is 0 Å². The van der Waals surface area contributed by atoms with Gasteiger partial charge in [0.05, 0.1) is 6.54 Å². The van der Waals surface area contributed by atoms with E-state index in [1.807, 2.05) is 23.9 Å². The Morgan fingerprint density at radius 1 is 1.57 bits per heavy atom. The number of fused-ring (bicyclic) bond motifs is 1. The lowest BCUT2D eigenvalue weighted by Crippen LogP contribution is -2.66. The normalized spacial score (nSPS) is 31.2. The molecule has 0 radical (unpaired) electrons. The number of likely N-dealkylation sites (tertiary alicyclic amines) is 1. The van der Waals surface area contributed by atoms with Crippen LogP contribution < -0.4 is 5.32 Å². The Labute approximate surface area is 85.2 Å². The van der Waals surface area contributed by atoms with Crippen LogP contribution in [0.2, 0.25) is 0 Å². The van der Waals surface area contributed by atoms with Gasteiger partial charge in [0.2, 0.25) is 5.91 Å². The van der Waals surface area contributed by atoms with Gasteiger partial charge in [-0.2, -0.15) is 0 Å². The molecule has 4 heteroatoms. The lowest BCUT2D eigenvalue weighted by Gasteiger charge is -2.51. The Morgan fingerprint density at radius 2 is 2.36 bits per heavy atom. The van der Waals surface area contributed by atoms with Crippen molar-refractivity contribution in [3.05, 3.63) is 0 Å². The van der Waals surface area contributed by atoms with Gasteiger partial charge < -0.3 is 15.1 Å². The largest absolute Gasteiger partial charge is 0.337 e. The first-order valence-electron chi connectivity index (χ1n) is 5.33. The molecule has 2 atom stereocenters. The van der Waals surface area contributed by atoms with Crippen molar-refractivity contribution in [3.8, 4) is 0 Å². The molecule has 1 N–H and O–H groups in total. The van der Waals surface area contributed by atoms with E-state index in [4.69, 9.17) is 0 Å². The van der Waals surface area contributed by atoms with Crippen LogP contribution in [0, 0.1) is 5.92 Å². The molecule has 2 rings (SSSR count). The number of carbonyl (C=O) groups excluding carboxylic acids is 1. The van der Waals surface area contributed by atoms with Crippen molar-refractivity contribution in [2.24, 2.45) is 5.92 Å². The summed E-state index contributed by atoms with van der Waals surface area (Å²) in [5.41, 5.74) is 0.